The molecule has 0 spiro atoms. The molecule has 1 aromatic carbocycles. The fourth-order valence-corrected chi connectivity index (χ4v) is 3.32. The van der Waals surface area contributed by atoms with Crippen molar-refractivity contribution >= 4 is 27.5 Å². The van der Waals surface area contributed by atoms with Gasteiger partial charge in [-0.3, -0.25) is 4.79 Å². The van der Waals surface area contributed by atoms with E-state index in [0.29, 0.717) is 6.61 Å². The zero-order valence-electron chi connectivity index (χ0n) is 11.0. The third-order valence-corrected chi connectivity index (χ3v) is 4.00. The number of hydrogen-bond acceptors (Lipinski definition) is 2. The molecule has 1 amide bonds. The molecule has 1 aromatic rings. The summed E-state index contributed by atoms with van der Waals surface area (Å²) >= 11 is 3.44. The number of fused-ring (bicyclic) bond motifs is 1. The molecule has 0 bridgehead atoms. The first-order valence-corrected chi connectivity index (χ1v) is 7.28. The van der Waals surface area contributed by atoms with Crippen LogP contribution in [0.15, 0.2) is 18.2 Å². The standard InChI is InChI=1S/C14H18BrNO2/c1-4-18-10-5-6-12-11(9-10)14(2,7-8-15)13(17)16(12)3/h5-6,9H,4,7-8H2,1-3H3. The Kier molecular flexibility index (Phi) is 3.66. The van der Waals surface area contributed by atoms with E-state index in [2.05, 4.69) is 15.9 Å². The Hall–Kier alpha value is -1.03. The van der Waals surface area contributed by atoms with Gasteiger partial charge in [0.05, 0.1) is 12.0 Å². The maximum atomic E-state index is 12.4. The topological polar surface area (TPSA) is 29.5 Å². The second-order valence-corrected chi connectivity index (χ2v) is 5.54. The van der Waals surface area contributed by atoms with Crippen molar-refractivity contribution in [3.05, 3.63) is 23.8 Å². The summed E-state index contributed by atoms with van der Waals surface area (Å²) in [5, 5.41) is 0.807. The first kappa shape index (κ1) is 13.4. The van der Waals surface area contributed by atoms with E-state index in [1.807, 2.05) is 39.1 Å². The van der Waals surface area contributed by atoms with Crippen molar-refractivity contribution in [2.45, 2.75) is 25.7 Å². The van der Waals surface area contributed by atoms with Crippen LogP contribution in [-0.2, 0) is 10.2 Å². The van der Waals surface area contributed by atoms with Gasteiger partial charge in [0.25, 0.3) is 0 Å². The van der Waals surface area contributed by atoms with Gasteiger partial charge in [-0.25, -0.2) is 0 Å². The maximum Gasteiger partial charge on any atom is 0.237 e. The molecule has 4 heteroatoms. The maximum absolute atomic E-state index is 12.4. The second kappa shape index (κ2) is 4.92. The normalized spacial score (nSPS) is 22.2. The molecule has 0 saturated carbocycles. The van der Waals surface area contributed by atoms with Crippen LogP contribution in [0.1, 0.15) is 25.8 Å². The van der Waals surface area contributed by atoms with E-state index in [4.69, 9.17) is 4.74 Å². The van der Waals surface area contributed by atoms with Crippen LogP contribution in [-0.4, -0.2) is 24.9 Å². The van der Waals surface area contributed by atoms with Gasteiger partial charge >= 0.3 is 0 Å². The number of carbonyl (C=O) groups excluding carboxylic acids is 1. The fraction of sp³-hybridized carbons (Fsp3) is 0.500. The van der Waals surface area contributed by atoms with Crippen molar-refractivity contribution < 1.29 is 9.53 Å². The predicted molar refractivity (Wildman–Crippen MR) is 76.8 cm³/mol. The van der Waals surface area contributed by atoms with Crippen LogP contribution >= 0.6 is 15.9 Å². The van der Waals surface area contributed by atoms with Crippen LogP contribution in [0.3, 0.4) is 0 Å². The number of rotatable bonds is 4. The first-order valence-electron chi connectivity index (χ1n) is 6.16. The largest absolute Gasteiger partial charge is 0.494 e. The van der Waals surface area contributed by atoms with E-state index >= 15 is 0 Å². The minimum absolute atomic E-state index is 0.158. The summed E-state index contributed by atoms with van der Waals surface area (Å²) in [5.74, 6) is 0.991. The van der Waals surface area contributed by atoms with E-state index in [9.17, 15) is 4.79 Å². The molecule has 3 nitrogen and oxygen atoms in total. The van der Waals surface area contributed by atoms with Gasteiger partial charge in [-0.2, -0.15) is 0 Å². The molecule has 0 N–H and O–H groups in total. The SMILES string of the molecule is CCOc1ccc2c(c1)C(C)(CCBr)C(=O)N2C. The van der Waals surface area contributed by atoms with E-state index in [0.717, 1.165) is 28.8 Å². The van der Waals surface area contributed by atoms with Crippen LogP contribution < -0.4 is 9.64 Å². The number of nitrogens with zero attached hydrogens (tertiary/aromatic N) is 1. The van der Waals surface area contributed by atoms with Crippen molar-refractivity contribution in [3.8, 4) is 5.75 Å². The van der Waals surface area contributed by atoms with Gasteiger partial charge < -0.3 is 9.64 Å². The van der Waals surface area contributed by atoms with E-state index in [1.54, 1.807) is 4.90 Å². The van der Waals surface area contributed by atoms with Gasteiger partial charge in [0.15, 0.2) is 0 Å². The average Bonchev–Trinajstić information content (AvgIpc) is 2.53. The monoisotopic (exact) mass is 311 g/mol. The summed E-state index contributed by atoms with van der Waals surface area (Å²) in [6.07, 6.45) is 0.790. The summed E-state index contributed by atoms with van der Waals surface area (Å²) in [5.41, 5.74) is 1.62. The molecule has 2 rings (SSSR count). The smallest absolute Gasteiger partial charge is 0.237 e. The summed E-state index contributed by atoms with van der Waals surface area (Å²) in [6.45, 7) is 4.61. The lowest BCUT2D eigenvalue weighted by molar-refractivity contribution is -0.122. The number of carbonyl (C=O) groups is 1. The number of amides is 1. The summed E-state index contributed by atoms with van der Waals surface area (Å²) in [4.78, 5) is 14.2. The highest BCUT2D eigenvalue weighted by molar-refractivity contribution is 9.09. The molecule has 1 aliphatic rings. The molecule has 0 fully saturated rings. The molecule has 1 heterocycles. The van der Waals surface area contributed by atoms with Crippen LogP contribution in [0, 0.1) is 0 Å². The summed E-state index contributed by atoms with van der Waals surface area (Å²) in [6, 6.07) is 5.90. The minimum atomic E-state index is -0.444. The first-order chi connectivity index (χ1) is 8.54. The number of alkyl halides is 1. The quantitative estimate of drug-likeness (QED) is 0.800. The molecule has 18 heavy (non-hydrogen) atoms. The van der Waals surface area contributed by atoms with Crippen LogP contribution in [0.5, 0.6) is 5.75 Å². The van der Waals surface area contributed by atoms with Crippen molar-refractivity contribution in [1.82, 2.24) is 0 Å². The van der Waals surface area contributed by atoms with Gasteiger partial charge in [-0.05, 0) is 44.0 Å². The molecule has 0 aliphatic carbocycles. The Morgan fingerprint density at radius 2 is 2.17 bits per heavy atom. The number of anilines is 1. The summed E-state index contributed by atoms with van der Waals surface area (Å²) < 4.78 is 5.53. The lowest BCUT2D eigenvalue weighted by Gasteiger charge is -2.22. The molecule has 1 aliphatic heterocycles. The van der Waals surface area contributed by atoms with Gasteiger partial charge in [0, 0.05) is 18.1 Å². The number of benzene rings is 1. The van der Waals surface area contributed by atoms with Crippen molar-refractivity contribution in [3.63, 3.8) is 0 Å². The molecule has 0 aromatic heterocycles. The number of likely N-dealkylation sites (N-methyl/N-ethyl adjacent to an activating group) is 1. The molecule has 0 saturated heterocycles. The number of ether oxygens (including phenoxy) is 1. The Bertz CT molecular complexity index is 475. The molecule has 98 valence electrons. The van der Waals surface area contributed by atoms with Crippen molar-refractivity contribution in [1.29, 1.82) is 0 Å². The highest BCUT2D eigenvalue weighted by Gasteiger charge is 2.45. The Morgan fingerprint density at radius 3 is 2.78 bits per heavy atom. The minimum Gasteiger partial charge on any atom is -0.494 e. The lowest BCUT2D eigenvalue weighted by atomic mass is 9.81. The highest BCUT2D eigenvalue weighted by Crippen LogP contribution is 2.44. The third-order valence-electron chi connectivity index (χ3n) is 3.61. The molecule has 1 atom stereocenters. The lowest BCUT2D eigenvalue weighted by Crippen LogP contribution is -2.36. The van der Waals surface area contributed by atoms with E-state index in [1.165, 1.54) is 0 Å². The van der Waals surface area contributed by atoms with Crippen LogP contribution in [0.4, 0.5) is 5.69 Å². The Morgan fingerprint density at radius 1 is 1.44 bits per heavy atom. The van der Waals surface area contributed by atoms with Crippen LogP contribution in [0.2, 0.25) is 0 Å². The average molecular weight is 312 g/mol. The highest BCUT2D eigenvalue weighted by atomic mass is 79.9. The van der Waals surface area contributed by atoms with Gasteiger partial charge in [0.1, 0.15) is 5.75 Å². The van der Waals surface area contributed by atoms with Crippen molar-refractivity contribution in [2.24, 2.45) is 0 Å². The van der Waals surface area contributed by atoms with E-state index in [-0.39, 0.29) is 5.91 Å². The molecule has 1 unspecified atom stereocenters. The second-order valence-electron chi connectivity index (χ2n) is 4.75. The summed E-state index contributed by atoms with van der Waals surface area (Å²) in [7, 11) is 1.83. The van der Waals surface area contributed by atoms with Crippen LogP contribution in [0.25, 0.3) is 0 Å². The fourth-order valence-electron chi connectivity index (χ4n) is 2.53. The third kappa shape index (κ3) is 1.92. The molecule has 0 radical (unpaired) electrons. The van der Waals surface area contributed by atoms with Gasteiger partial charge in [-0.15, -0.1) is 0 Å². The Labute approximate surface area is 116 Å². The van der Waals surface area contributed by atoms with E-state index < -0.39 is 5.41 Å². The van der Waals surface area contributed by atoms with Gasteiger partial charge in [0.2, 0.25) is 5.91 Å². The Balaban J connectivity index is 2.50. The zero-order chi connectivity index (χ0) is 13.3. The van der Waals surface area contributed by atoms with Gasteiger partial charge in [-0.1, -0.05) is 15.9 Å². The number of halogens is 1. The zero-order valence-corrected chi connectivity index (χ0v) is 12.6. The predicted octanol–water partition coefficient (Wildman–Crippen LogP) is 3.10. The molecular weight excluding hydrogens is 294 g/mol. The van der Waals surface area contributed by atoms with Crippen molar-refractivity contribution in [2.75, 3.05) is 23.9 Å². The molecular formula is C14H18BrNO2. The number of hydrogen-bond donors (Lipinski definition) is 0.